The van der Waals surface area contributed by atoms with E-state index in [1.165, 1.54) is 24.0 Å². The number of hydrogen-bond acceptors (Lipinski definition) is 9. The van der Waals surface area contributed by atoms with Gasteiger partial charge in [-0.15, -0.1) is 18.3 Å². The van der Waals surface area contributed by atoms with E-state index in [9.17, 15) is 26.4 Å². The van der Waals surface area contributed by atoms with Crippen molar-refractivity contribution in [1.82, 2.24) is 30.0 Å². The molecule has 11 nitrogen and oxygen atoms in total. The van der Waals surface area contributed by atoms with Crippen molar-refractivity contribution in [2.75, 3.05) is 5.73 Å². The van der Waals surface area contributed by atoms with E-state index in [-0.39, 0.29) is 23.3 Å². The molecule has 2 heterocycles. The van der Waals surface area contributed by atoms with Crippen molar-refractivity contribution < 1.29 is 31.1 Å². The zero-order valence-electron chi connectivity index (χ0n) is 17.5. The number of nitrogens with zero attached hydrogens (tertiary/aromatic N) is 5. The van der Waals surface area contributed by atoms with Crippen molar-refractivity contribution in [2.45, 2.75) is 42.3 Å². The summed E-state index contributed by atoms with van der Waals surface area (Å²) in [4.78, 5) is 24.6. The van der Waals surface area contributed by atoms with Crippen LogP contribution in [0, 0.1) is 0 Å². The van der Waals surface area contributed by atoms with Crippen molar-refractivity contribution in [3.63, 3.8) is 0 Å². The quantitative estimate of drug-likeness (QED) is 0.498. The predicted octanol–water partition coefficient (Wildman–Crippen LogP) is 1.97. The monoisotopic (exact) mass is 497 g/mol. The molecule has 15 heteroatoms. The molecular weight excluding hydrogens is 479 g/mol. The topological polar surface area (TPSA) is 155 Å². The lowest BCUT2D eigenvalue weighted by atomic mass is 10.2. The Hall–Kier alpha value is -3.75. The van der Waals surface area contributed by atoms with Crippen molar-refractivity contribution in [1.29, 1.82) is 0 Å². The molecule has 4 rings (SSSR count). The van der Waals surface area contributed by atoms with E-state index in [0.717, 1.165) is 18.2 Å². The zero-order chi connectivity index (χ0) is 24.7. The lowest BCUT2D eigenvalue weighted by Gasteiger charge is -2.16. The molecule has 1 fully saturated rings. The van der Waals surface area contributed by atoms with Crippen LogP contribution in [-0.2, 0) is 9.84 Å². The van der Waals surface area contributed by atoms with Gasteiger partial charge in [0.25, 0.3) is 11.9 Å². The lowest BCUT2D eigenvalue weighted by molar-refractivity contribution is -0.274. The number of aromatic nitrogens is 5. The maximum atomic E-state index is 12.9. The number of anilines is 1. The highest BCUT2D eigenvalue weighted by Gasteiger charge is 2.38. The minimum Gasteiger partial charge on any atom is -0.406 e. The summed E-state index contributed by atoms with van der Waals surface area (Å²) in [6, 6.07) is 3.29. The Labute approximate surface area is 191 Å². The molecule has 1 atom stereocenters. The van der Waals surface area contributed by atoms with Gasteiger partial charge < -0.3 is 15.8 Å². The summed E-state index contributed by atoms with van der Waals surface area (Å²) in [6.07, 6.45) is -1.37. The third-order valence-corrected chi connectivity index (χ3v) is 7.03. The van der Waals surface area contributed by atoms with Crippen LogP contribution >= 0.6 is 0 Å². The second-order valence-electron chi connectivity index (χ2n) is 7.47. The smallest absolute Gasteiger partial charge is 0.406 e. The predicted molar refractivity (Wildman–Crippen MR) is 111 cm³/mol. The molecule has 34 heavy (non-hydrogen) atoms. The second kappa shape index (κ2) is 8.55. The first kappa shape index (κ1) is 23.4. The van der Waals surface area contributed by atoms with Crippen molar-refractivity contribution in [2.24, 2.45) is 0 Å². The molecule has 0 saturated heterocycles. The molecule has 0 spiro atoms. The van der Waals surface area contributed by atoms with Crippen LogP contribution in [0.2, 0.25) is 0 Å². The molecule has 3 N–H and O–H groups in total. The number of nitrogens with two attached hydrogens (primary N) is 1. The van der Waals surface area contributed by atoms with E-state index in [4.69, 9.17) is 5.73 Å². The summed E-state index contributed by atoms with van der Waals surface area (Å²) in [6.45, 7) is 1.53. The number of carbonyl (C=O) groups is 1. The van der Waals surface area contributed by atoms with Gasteiger partial charge in [-0.3, -0.25) is 4.79 Å². The van der Waals surface area contributed by atoms with Crippen LogP contribution in [-0.4, -0.2) is 50.7 Å². The summed E-state index contributed by atoms with van der Waals surface area (Å²) in [5.41, 5.74) is 5.33. The third-order valence-electron chi connectivity index (χ3n) is 4.79. The second-order valence-corrected chi connectivity index (χ2v) is 9.70. The fourth-order valence-corrected chi connectivity index (χ4v) is 4.86. The molecule has 0 radical (unpaired) electrons. The van der Waals surface area contributed by atoms with Gasteiger partial charge in [0.1, 0.15) is 5.75 Å². The van der Waals surface area contributed by atoms with Gasteiger partial charge in [-0.2, -0.15) is 9.67 Å². The van der Waals surface area contributed by atoms with Crippen LogP contribution in [0.5, 0.6) is 5.75 Å². The number of sulfone groups is 1. The molecule has 0 bridgehead atoms. The maximum absolute atomic E-state index is 12.9. The normalized spacial score (nSPS) is 15.1. The summed E-state index contributed by atoms with van der Waals surface area (Å²) in [5, 5.41) is 5.84. The van der Waals surface area contributed by atoms with E-state index in [0.29, 0.717) is 12.8 Å². The number of rotatable bonds is 7. The van der Waals surface area contributed by atoms with E-state index in [1.807, 2.05) is 0 Å². The first-order valence-corrected chi connectivity index (χ1v) is 11.4. The Bertz CT molecular complexity index is 1330. The highest BCUT2D eigenvalue weighted by Crippen LogP contribution is 2.36. The fraction of sp³-hybridized carbons (Fsp3) is 0.316. The largest absolute Gasteiger partial charge is 0.573 e. The first-order valence-electron chi connectivity index (χ1n) is 9.89. The van der Waals surface area contributed by atoms with E-state index in [1.54, 1.807) is 6.07 Å². The Morgan fingerprint density at radius 2 is 1.91 bits per heavy atom. The van der Waals surface area contributed by atoms with E-state index in [2.05, 4.69) is 30.1 Å². The van der Waals surface area contributed by atoms with E-state index < -0.39 is 44.0 Å². The number of benzene rings is 1. The molecule has 2 aromatic heterocycles. The minimum atomic E-state index is -5.08. The highest BCUT2D eigenvalue weighted by molar-refractivity contribution is 7.92. The fourth-order valence-electron chi connectivity index (χ4n) is 3.14. The molecule has 1 aliphatic carbocycles. The molecule has 1 saturated carbocycles. The summed E-state index contributed by atoms with van der Waals surface area (Å²) < 4.78 is 68.7. The van der Waals surface area contributed by atoms with Gasteiger partial charge in [0.2, 0.25) is 5.95 Å². The lowest BCUT2D eigenvalue weighted by Crippen LogP contribution is -2.29. The molecule has 1 amide bonds. The van der Waals surface area contributed by atoms with Gasteiger partial charge in [0.05, 0.1) is 16.2 Å². The zero-order valence-corrected chi connectivity index (χ0v) is 18.3. The minimum absolute atomic E-state index is 0.123. The van der Waals surface area contributed by atoms with Gasteiger partial charge in [-0.05, 0) is 44.0 Å². The number of hydrogen-bond donors (Lipinski definition) is 2. The van der Waals surface area contributed by atoms with Gasteiger partial charge in [0.15, 0.2) is 15.7 Å². The Kier molecular flexibility index (Phi) is 5.89. The standard InChI is InChI=1S/C19H18F3N7O4S/c1-10(15-27-17(23)28-29(15)18-24-5-2-6-25-18)26-16(30)11-7-12(33-19(20,21)22)9-14(8-11)34(31,32)13-3-4-13/h2,5-10,13H,3-4H2,1H3,(H2,23,28)(H,26,30)/t10-/m0/s1. The van der Waals surface area contributed by atoms with Crippen LogP contribution in [0.3, 0.4) is 0 Å². The van der Waals surface area contributed by atoms with Crippen LogP contribution in [0.25, 0.3) is 5.95 Å². The summed E-state index contributed by atoms with van der Waals surface area (Å²) >= 11 is 0. The Balaban J connectivity index is 1.65. The van der Waals surface area contributed by atoms with Crippen molar-refractivity contribution in [3.8, 4) is 11.7 Å². The average molecular weight is 497 g/mol. The molecule has 180 valence electrons. The molecule has 1 aromatic carbocycles. The number of ether oxygens (including phenoxy) is 1. The highest BCUT2D eigenvalue weighted by atomic mass is 32.2. The number of halogens is 3. The average Bonchev–Trinajstić information content (AvgIpc) is 3.55. The van der Waals surface area contributed by atoms with Gasteiger partial charge >= 0.3 is 6.36 Å². The molecule has 0 unspecified atom stereocenters. The molecule has 0 aliphatic heterocycles. The number of amides is 1. The van der Waals surface area contributed by atoms with Crippen molar-refractivity contribution >= 4 is 21.7 Å². The van der Waals surface area contributed by atoms with Crippen LogP contribution < -0.4 is 15.8 Å². The molecule has 1 aliphatic rings. The number of nitrogen functional groups attached to an aromatic ring is 1. The van der Waals surface area contributed by atoms with Crippen LogP contribution in [0.1, 0.15) is 42.0 Å². The number of carbonyl (C=O) groups excluding carboxylic acids is 1. The summed E-state index contributed by atoms with van der Waals surface area (Å²) in [5.74, 6) is -1.54. The third kappa shape index (κ3) is 5.08. The number of alkyl halides is 3. The van der Waals surface area contributed by atoms with Crippen LogP contribution in [0.4, 0.5) is 19.1 Å². The SMILES string of the molecule is C[C@H](NC(=O)c1cc(OC(F)(F)F)cc(S(=O)(=O)C2CC2)c1)c1nc(N)nn1-c1ncccn1. The van der Waals surface area contributed by atoms with Crippen LogP contribution in [0.15, 0.2) is 41.6 Å². The van der Waals surface area contributed by atoms with Gasteiger partial charge in [0, 0.05) is 18.0 Å². The number of nitrogens with one attached hydrogen (secondary N) is 1. The van der Waals surface area contributed by atoms with Gasteiger partial charge in [-0.25, -0.2) is 18.4 Å². The van der Waals surface area contributed by atoms with Gasteiger partial charge in [-0.1, -0.05) is 0 Å². The Morgan fingerprint density at radius 3 is 2.53 bits per heavy atom. The summed E-state index contributed by atoms with van der Waals surface area (Å²) in [7, 11) is -3.91. The van der Waals surface area contributed by atoms with E-state index >= 15 is 0 Å². The maximum Gasteiger partial charge on any atom is 0.573 e. The molecular formula is C19H18F3N7O4S. The first-order chi connectivity index (χ1) is 15.9. The molecule has 3 aromatic rings. The van der Waals surface area contributed by atoms with Crippen molar-refractivity contribution in [3.05, 3.63) is 48.0 Å². The Morgan fingerprint density at radius 1 is 1.24 bits per heavy atom.